The van der Waals surface area contributed by atoms with Crippen LogP contribution in [-0.2, 0) is 16.1 Å². The normalized spacial score (nSPS) is 11.1. The Kier molecular flexibility index (Phi) is 4.34. The lowest BCUT2D eigenvalue weighted by Crippen LogP contribution is -2.07. The Balaban J connectivity index is 1.95. The first-order valence-electron chi connectivity index (χ1n) is 5.92. The van der Waals surface area contributed by atoms with Gasteiger partial charge in [-0.15, -0.1) is 0 Å². The van der Waals surface area contributed by atoms with Gasteiger partial charge in [-0.1, -0.05) is 60.7 Å². The summed E-state index contributed by atoms with van der Waals surface area (Å²) in [6, 6.07) is 18.4. The van der Waals surface area contributed by atoms with Crippen molar-refractivity contribution in [3.8, 4) is 0 Å². The van der Waals surface area contributed by atoms with Gasteiger partial charge in [0.1, 0.15) is 6.61 Å². The van der Waals surface area contributed by atoms with Crippen molar-refractivity contribution in [3.05, 3.63) is 77.5 Å². The van der Waals surface area contributed by atoms with Crippen molar-refractivity contribution in [2.24, 2.45) is 0 Å². The van der Waals surface area contributed by atoms with Crippen LogP contribution in [0.1, 0.15) is 11.1 Å². The highest BCUT2D eigenvalue weighted by atomic mass is 16.5. The molecule has 0 bridgehead atoms. The average Bonchev–Trinajstić information content (AvgIpc) is 2.47. The Morgan fingerprint density at radius 3 is 2.21 bits per heavy atom. The van der Waals surface area contributed by atoms with Crippen molar-refractivity contribution in [1.82, 2.24) is 0 Å². The highest BCUT2D eigenvalue weighted by Gasteiger charge is 2.09. The molecule has 0 aromatic heterocycles. The number of rotatable bonds is 4. The van der Waals surface area contributed by atoms with Crippen LogP contribution < -0.4 is 0 Å². The largest absolute Gasteiger partial charge is 0.502 e. The zero-order valence-corrected chi connectivity index (χ0v) is 10.3. The van der Waals surface area contributed by atoms with Crippen molar-refractivity contribution < 1.29 is 14.6 Å². The van der Waals surface area contributed by atoms with E-state index in [9.17, 15) is 9.90 Å². The molecule has 0 radical (unpaired) electrons. The zero-order chi connectivity index (χ0) is 13.5. The van der Waals surface area contributed by atoms with E-state index in [0.29, 0.717) is 0 Å². The standard InChI is InChI=1S/C16H14O3/c17-15(11-13-7-3-1-4-8-13)16(18)19-12-14-9-5-2-6-10-14/h1-11,17H,12H2. The third-order valence-electron chi connectivity index (χ3n) is 2.52. The number of esters is 1. The summed E-state index contributed by atoms with van der Waals surface area (Å²) in [4.78, 5) is 11.6. The fraction of sp³-hybridized carbons (Fsp3) is 0.0625. The monoisotopic (exact) mass is 254 g/mol. The maximum atomic E-state index is 11.6. The van der Waals surface area contributed by atoms with Gasteiger partial charge in [0.25, 0.3) is 0 Å². The average molecular weight is 254 g/mol. The van der Waals surface area contributed by atoms with Gasteiger partial charge in [0.05, 0.1) is 0 Å². The zero-order valence-electron chi connectivity index (χ0n) is 10.3. The van der Waals surface area contributed by atoms with Gasteiger partial charge in [-0.2, -0.15) is 0 Å². The third kappa shape index (κ3) is 4.00. The number of carbonyl (C=O) groups is 1. The molecule has 0 saturated carbocycles. The summed E-state index contributed by atoms with van der Waals surface area (Å²) in [7, 11) is 0. The summed E-state index contributed by atoms with van der Waals surface area (Å²) in [5, 5.41) is 9.64. The lowest BCUT2D eigenvalue weighted by Gasteiger charge is -2.04. The van der Waals surface area contributed by atoms with Gasteiger partial charge < -0.3 is 9.84 Å². The molecule has 0 aliphatic carbocycles. The second-order valence-electron chi connectivity index (χ2n) is 4.00. The molecule has 96 valence electrons. The van der Waals surface area contributed by atoms with Crippen LogP contribution in [0.15, 0.2) is 66.4 Å². The number of aliphatic hydroxyl groups excluding tert-OH is 1. The molecular formula is C16H14O3. The molecule has 2 aromatic rings. The Morgan fingerprint density at radius 1 is 1.00 bits per heavy atom. The van der Waals surface area contributed by atoms with Crippen LogP contribution >= 0.6 is 0 Å². The summed E-state index contributed by atoms with van der Waals surface area (Å²) >= 11 is 0. The fourth-order valence-corrected chi connectivity index (χ4v) is 1.56. The van der Waals surface area contributed by atoms with Gasteiger partial charge in [0, 0.05) is 0 Å². The number of ether oxygens (including phenoxy) is 1. The molecule has 0 aliphatic heterocycles. The molecule has 1 N–H and O–H groups in total. The molecule has 19 heavy (non-hydrogen) atoms. The predicted molar refractivity (Wildman–Crippen MR) is 73.3 cm³/mol. The van der Waals surface area contributed by atoms with Crippen molar-refractivity contribution in [2.45, 2.75) is 6.61 Å². The van der Waals surface area contributed by atoms with E-state index in [4.69, 9.17) is 4.74 Å². The van der Waals surface area contributed by atoms with E-state index < -0.39 is 11.7 Å². The molecular weight excluding hydrogens is 240 g/mol. The topological polar surface area (TPSA) is 46.5 Å². The molecule has 3 heteroatoms. The molecule has 0 unspecified atom stereocenters. The van der Waals surface area contributed by atoms with Crippen molar-refractivity contribution in [2.75, 3.05) is 0 Å². The molecule has 0 saturated heterocycles. The summed E-state index contributed by atoms with van der Waals surface area (Å²) in [6.45, 7) is 0.145. The van der Waals surface area contributed by atoms with E-state index in [1.165, 1.54) is 6.08 Å². The fourth-order valence-electron chi connectivity index (χ4n) is 1.56. The maximum absolute atomic E-state index is 11.6. The van der Waals surface area contributed by atoms with Crippen molar-refractivity contribution in [3.63, 3.8) is 0 Å². The van der Waals surface area contributed by atoms with Crippen LogP contribution in [0, 0.1) is 0 Å². The lowest BCUT2D eigenvalue weighted by atomic mass is 10.2. The van der Waals surface area contributed by atoms with Crippen molar-refractivity contribution >= 4 is 12.0 Å². The Morgan fingerprint density at radius 2 is 1.58 bits per heavy atom. The minimum Gasteiger partial charge on any atom is -0.502 e. The van der Waals surface area contributed by atoms with Gasteiger partial charge >= 0.3 is 5.97 Å². The van der Waals surface area contributed by atoms with Gasteiger partial charge in [0.15, 0.2) is 0 Å². The van der Waals surface area contributed by atoms with Gasteiger partial charge in [-0.05, 0) is 17.2 Å². The van der Waals surface area contributed by atoms with Crippen LogP contribution in [0.2, 0.25) is 0 Å². The minimum atomic E-state index is -0.729. The van der Waals surface area contributed by atoms with E-state index in [0.717, 1.165) is 11.1 Å². The molecule has 3 nitrogen and oxygen atoms in total. The molecule has 0 aliphatic rings. The Bertz CT molecular complexity index is 559. The molecule has 2 rings (SSSR count). The Labute approximate surface area is 111 Å². The quantitative estimate of drug-likeness (QED) is 0.517. The number of hydrogen-bond donors (Lipinski definition) is 1. The van der Waals surface area contributed by atoms with E-state index >= 15 is 0 Å². The molecule has 0 amide bonds. The first kappa shape index (κ1) is 12.9. The van der Waals surface area contributed by atoms with Crippen LogP contribution in [0.25, 0.3) is 6.08 Å². The SMILES string of the molecule is O=C(OCc1ccccc1)C(O)=Cc1ccccc1. The summed E-state index contributed by atoms with van der Waals surface area (Å²) in [5.74, 6) is -1.13. The van der Waals surface area contributed by atoms with Crippen molar-refractivity contribution in [1.29, 1.82) is 0 Å². The smallest absolute Gasteiger partial charge is 0.373 e. The highest BCUT2D eigenvalue weighted by molar-refractivity contribution is 5.90. The van der Waals surface area contributed by atoms with Gasteiger partial charge in [-0.25, -0.2) is 4.79 Å². The van der Waals surface area contributed by atoms with Gasteiger partial charge in [-0.3, -0.25) is 0 Å². The van der Waals surface area contributed by atoms with Crippen LogP contribution in [0.5, 0.6) is 0 Å². The van der Waals surface area contributed by atoms with E-state index in [-0.39, 0.29) is 6.61 Å². The molecule has 2 aromatic carbocycles. The highest BCUT2D eigenvalue weighted by Crippen LogP contribution is 2.07. The lowest BCUT2D eigenvalue weighted by molar-refractivity contribution is -0.143. The van der Waals surface area contributed by atoms with Crippen LogP contribution in [-0.4, -0.2) is 11.1 Å². The molecule has 0 spiro atoms. The van der Waals surface area contributed by atoms with E-state index in [1.54, 1.807) is 12.1 Å². The third-order valence-corrected chi connectivity index (χ3v) is 2.52. The van der Waals surface area contributed by atoms with Crippen LogP contribution in [0.3, 0.4) is 0 Å². The first-order valence-corrected chi connectivity index (χ1v) is 5.92. The summed E-state index contributed by atoms with van der Waals surface area (Å²) in [5.41, 5.74) is 1.63. The van der Waals surface area contributed by atoms with Gasteiger partial charge in [0.2, 0.25) is 5.76 Å². The first-order chi connectivity index (χ1) is 9.25. The molecule has 0 heterocycles. The second kappa shape index (κ2) is 6.40. The summed E-state index contributed by atoms with van der Waals surface area (Å²) in [6.07, 6.45) is 1.38. The van der Waals surface area contributed by atoms with E-state index in [1.807, 2.05) is 48.5 Å². The number of carbonyl (C=O) groups excluding carboxylic acids is 1. The number of aliphatic hydroxyl groups is 1. The number of hydrogen-bond acceptors (Lipinski definition) is 3. The minimum absolute atomic E-state index is 0.145. The predicted octanol–water partition coefficient (Wildman–Crippen LogP) is 3.33. The molecule has 0 fully saturated rings. The molecule has 0 atom stereocenters. The Hall–Kier alpha value is -2.55. The second-order valence-corrected chi connectivity index (χ2v) is 4.00. The van der Waals surface area contributed by atoms with Crippen LogP contribution in [0.4, 0.5) is 0 Å². The number of benzene rings is 2. The van der Waals surface area contributed by atoms with E-state index in [2.05, 4.69) is 0 Å². The maximum Gasteiger partial charge on any atom is 0.373 e. The summed E-state index contributed by atoms with van der Waals surface area (Å²) < 4.78 is 5.00.